The normalized spacial score (nSPS) is 14.6. The van der Waals surface area contributed by atoms with E-state index in [2.05, 4.69) is 40.1 Å². The van der Waals surface area contributed by atoms with Crippen LogP contribution in [0.25, 0.3) is 0 Å². The lowest BCUT2D eigenvalue weighted by Crippen LogP contribution is -2.45. The van der Waals surface area contributed by atoms with Gasteiger partial charge in [0.2, 0.25) is 5.75 Å². The highest BCUT2D eigenvalue weighted by Crippen LogP contribution is 2.40. The maximum atomic E-state index is 11.6. The van der Waals surface area contributed by atoms with E-state index in [0.29, 0.717) is 43.3 Å². The van der Waals surface area contributed by atoms with Crippen molar-refractivity contribution < 1.29 is 23.7 Å². The highest BCUT2D eigenvalue weighted by molar-refractivity contribution is 5.69. The van der Waals surface area contributed by atoms with Crippen molar-refractivity contribution >= 4 is 5.97 Å². The van der Waals surface area contributed by atoms with E-state index in [1.54, 1.807) is 14.2 Å². The number of esters is 1. The van der Waals surface area contributed by atoms with E-state index in [9.17, 15) is 4.79 Å². The van der Waals surface area contributed by atoms with Gasteiger partial charge in [0.1, 0.15) is 0 Å². The summed E-state index contributed by atoms with van der Waals surface area (Å²) in [5.41, 5.74) is 2.41. The van der Waals surface area contributed by atoms with Gasteiger partial charge < -0.3 is 18.9 Å². The number of piperazine rings is 1. The third kappa shape index (κ3) is 7.37. The Kier molecular flexibility index (Phi) is 9.84. The van der Waals surface area contributed by atoms with Gasteiger partial charge in [0.15, 0.2) is 11.5 Å². The van der Waals surface area contributed by atoms with Gasteiger partial charge in [-0.05, 0) is 25.0 Å². The van der Waals surface area contributed by atoms with Gasteiger partial charge in [-0.25, -0.2) is 0 Å². The van der Waals surface area contributed by atoms with E-state index in [1.807, 2.05) is 19.1 Å². The summed E-state index contributed by atoms with van der Waals surface area (Å²) in [6, 6.07) is 14.6. The Bertz CT molecular complexity index is 866. The van der Waals surface area contributed by atoms with Crippen molar-refractivity contribution in [1.82, 2.24) is 9.80 Å². The van der Waals surface area contributed by atoms with Crippen LogP contribution in [-0.2, 0) is 22.6 Å². The topological polar surface area (TPSA) is 60.5 Å². The molecule has 0 aliphatic carbocycles. The van der Waals surface area contributed by atoms with Crippen molar-refractivity contribution in [2.75, 3.05) is 53.6 Å². The fourth-order valence-corrected chi connectivity index (χ4v) is 4.03. The molecule has 7 nitrogen and oxygen atoms in total. The summed E-state index contributed by atoms with van der Waals surface area (Å²) >= 11 is 0. The van der Waals surface area contributed by atoms with Crippen molar-refractivity contribution in [3.8, 4) is 17.2 Å². The highest BCUT2D eigenvalue weighted by atomic mass is 16.5. The third-order valence-corrected chi connectivity index (χ3v) is 5.77. The van der Waals surface area contributed by atoms with Crippen LogP contribution in [0.15, 0.2) is 42.5 Å². The fourth-order valence-electron chi connectivity index (χ4n) is 4.03. The summed E-state index contributed by atoms with van der Waals surface area (Å²) in [6.07, 6.45) is 0.912. The predicted octanol–water partition coefficient (Wildman–Crippen LogP) is 3.74. The molecule has 180 valence electrons. The average molecular weight is 457 g/mol. The molecule has 0 aromatic heterocycles. The van der Waals surface area contributed by atoms with Crippen LogP contribution >= 0.6 is 0 Å². The van der Waals surface area contributed by atoms with Crippen LogP contribution in [0, 0.1) is 0 Å². The van der Waals surface area contributed by atoms with Gasteiger partial charge in [0.05, 0.1) is 27.4 Å². The van der Waals surface area contributed by atoms with Gasteiger partial charge in [0, 0.05) is 51.3 Å². The highest BCUT2D eigenvalue weighted by Gasteiger charge is 2.22. The Hall–Kier alpha value is -2.77. The van der Waals surface area contributed by atoms with Crippen LogP contribution in [0.1, 0.15) is 30.9 Å². The number of rotatable bonds is 12. The molecule has 1 fully saturated rings. The molecule has 0 spiro atoms. The molecule has 2 aromatic rings. The van der Waals surface area contributed by atoms with Crippen LogP contribution in [0.4, 0.5) is 0 Å². The van der Waals surface area contributed by atoms with E-state index in [1.165, 1.54) is 5.56 Å². The van der Waals surface area contributed by atoms with Crippen LogP contribution in [0.3, 0.4) is 0 Å². The van der Waals surface area contributed by atoms with E-state index in [0.717, 1.165) is 44.8 Å². The van der Waals surface area contributed by atoms with Gasteiger partial charge in [-0.3, -0.25) is 14.6 Å². The van der Waals surface area contributed by atoms with Gasteiger partial charge in [-0.1, -0.05) is 36.4 Å². The molecule has 1 aliphatic heterocycles. The predicted molar refractivity (Wildman–Crippen MR) is 128 cm³/mol. The van der Waals surface area contributed by atoms with Gasteiger partial charge in [-0.15, -0.1) is 0 Å². The molecule has 0 N–H and O–H groups in total. The minimum absolute atomic E-state index is 0.202. The third-order valence-electron chi connectivity index (χ3n) is 5.77. The van der Waals surface area contributed by atoms with E-state index >= 15 is 0 Å². The molecule has 0 unspecified atom stereocenters. The first kappa shape index (κ1) is 24.9. The molecule has 7 heteroatoms. The molecule has 0 bridgehead atoms. The van der Waals surface area contributed by atoms with Crippen molar-refractivity contribution in [2.45, 2.75) is 32.9 Å². The molecular weight excluding hydrogens is 420 g/mol. The Morgan fingerprint density at radius 2 is 1.58 bits per heavy atom. The molecule has 0 radical (unpaired) electrons. The van der Waals surface area contributed by atoms with Gasteiger partial charge in [-0.2, -0.15) is 0 Å². The standard InChI is InChI=1S/C26H36N2O5/c1-4-32-24(29)11-8-18-33-25-22(12-13-23(30-2)26(25)31-3)20-28-16-14-27(15-17-28)19-21-9-6-5-7-10-21/h5-7,9-10,12-13H,4,8,11,14-20H2,1-3H3. The first-order valence-corrected chi connectivity index (χ1v) is 11.7. The zero-order chi connectivity index (χ0) is 23.5. The molecular formula is C26H36N2O5. The zero-order valence-corrected chi connectivity index (χ0v) is 20.0. The summed E-state index contributed by atoms with van der Waals surface area (Å²) in [6.45, 7) is 8.39. The van der Waals surface area contributed by atoms with Gasteiger partial charge in [0.25, 0.3) is 0 Å². The maximum Gasteiger partial charge on any atom is 0.305 e. The van der Waals surface area contributed by atoms with Crippen molar-refractivity contribution in [2.24, 2.45) is 0 Å². The van der Waals surface area contributed by atoms with E-state index < -0.39 is 0 Å². The van der Waals surface area contributed by atoms with Crippen molar-refractivity contribution in [3.63, 3.8) is 0 Å². The first-order chi connectivity index (χ1) is 16.1. The second kappa shape index (κ2) is 13.1. The number of carbonyl (C=O) groups excluding carboxylic acids is 1. The summed E-state index contributed by atoms with van der Waals surface area (Å²) in [5.74, 6) is 1.71. The Balaban J connectivity index is 1.60. The summed E-state index contributed by atoms with van der Waals surface area (Å²) < 4.78 is 22.2. The summed E-state index contributed by atoms with van der Waals surface area (Å²) in [5, 5.41) is 0. The number of methoxy groups -OCH3 is 2. The lowest BCUT2D eigenvalue weighted by Gasteiger charge is -2.35. The number of nitrogens with zero attached hydrogens (tertiary/aromatic N) is 2. The molecule has 0 atom stereocenters. The van der Waals surface area contributed by atoms with Crippen LogP contribution < -0.4 is 14.2 Å². The maximum absolute atomic E-state index is 11.6. The molecule has 1 aliphatic rings. The molecule has 1 saturated heterocycles. The molecule has 2 aromatic carbocycles. The zero-order valence-electron chi connectivity index (χ0n) is 20.0. The second-order valence-corrected chi connectivity index (χ2v) is 8.08. The monoisotopic (exact) mass is 456 g/mol. The Morgan fingerprint density at radius 1 is 0.879 bits per heavy atom. The number of carbonyl (C=O) groups is 1. The smallest absolute Gasteiger partial charge is 0.305 e. The number of benzene rings is 2. The van der Waals surface area contributed by atoms with E-state index in [-0.39, 0.29) is 5.97 Å². The second-order valence-electron chi connectivity index (χ2n) is 8.08. The largest absolute Gasteiger partial charge is 0.493 e. The minimum Gasteiger partial charge on any atom is -0.493 e. The van der Waals surface area contributed by atoms with Gasteiger partial charge >= 0.3 is 5.97 Å². The first-order valence-electron chi connectivity index (χ1n) is 11.7. The SMILES string of the molecule is CCOC(=O)CCCOc1c(CN2CCN(Cc3ccccc3)CC2)ccc(OC)c1OC. The van der Waals surface area contributed by atoms with E-state index in [4.69, 9.17) is 18.9 Å². The molecule has 0 saturated carbocycles. The molecule has 1 heterocycles. The fraction of sp³-hybridized carbons (Fsp3) is 0.500. The Labute approximate surface area is 197 Å². The van der Waals surface area contributed by atoms with Crippen LogP contribution in [-0.4, -0.2) is 69.4 Å². The lowest BCUT2D eigenvalue weighted by atomic mass is 10.1. The Morgan fingerprint density at radius 3 is 2.21 bits per heavy atom. The minimum atomic E-state index is -0.202. The molecule has 0 amide bonds. The molecule has 3 rings (SSSR count). The number of ether oxygens (including phenoxy) is 4. The summed E-state index contributed by atoms with van der Waals surface area (Å²) in [7, 11) is 3.24. The van der Waals surface area contributed by atoms with Crippen molar-refractivity contribution in [3.05, 3.63) is 53.6 Å². The summed E-state index contributed by atoms with van der Waals surface area (Å²) in [4.78, 5) is 16.5. The number of hydrogen-bond donors (Lipinski definition) is 0. The van der Waals surface area contributed by atoms with Crippen LogP contribution in [0.5, 0.6) is 17.2 Å². The number of hydrogen-bond acceptors (Lipinski definition) is 7. The molecule has 33 heavy (non-hydrogen) atoms. The van der Waals surface area contributed by atoms with Crippen LogP contribution in [0.2, 0.25) is 0 Å². The average Bonchev–Trinajstić information content (AvgIpc) is 2.84. The quantitative estimate of drug-likeness (QED) is 0.356. The lowest BCUT2D eigenvalue weighted by molar-refractivity contribution is -0.143. The van der Waals surface area contributed by atoms with Crippen molar-refractivity contribution in [1.29, 1.82) is 0 Å².